The van der Waals surface area contributed by atoms with Crippen LogP contribution in [0.5, 0.6) is 5.75 Å². The highest BCUT2D eigenvalue weighted by molar-refractivity contribution is 7.93. The number of nitrogens with zero attached hydrogens (tertiary/aromatic N) is 2. The first-order chi connectivity index (χ1) is 16.9. The number of hydrogen-bond acceptors (Lipinski definition) is 9. The van der Waals surface area contributed by atoms with Gasteiger partial charge in [0.2, 0.25) is 11.8 Å². The van der Waals surface area contributed by atoms with Crippen molar-refractivity contribution in [1.82, 2.24) is 15.7 Å². The Kier molecular flexibility index (Phi) is 7.48. The third-order valence-electron chi connectivity index (χ3n) is 6.11. The standard InChI is InChI=1S/C24H27N3O7S/c1-17-5-2-3-6-20(17)22-26-25-21(34-22)7-4-14-33-18-8-10-19(11-9-18)35(30,31)24(23(28)27-29)12-15-32-16-13-24/h2-3,5-6,8-11,29H,4,7,12-16H2,1H3,(H,27,28). The highest BCUT2D eigenvalue weighted by Gasteiger charge is 2.52. The van der Waals surface area contributed by atoms with Gasteiger partial charge in [-0.15, -0.1) is 10.2 Å². The van der Waals surface area contributed by atoms with Crippen molar-refractivity contribution in [3.63, 3.8) is 0 Å². The summed E-state index contributed by atoms with van der Waals surface area (Å²) < 4.78 is 41.5. The van der Waals surface area contributed by atoms with Crippen LogP contribution in [-0.2, 0) is 25.8 Å². The molecule has 2 heterocycles. The minimum absolute atomic E-state index is 0.0232. The van der Waals surface area contributed by atoms with E-state index in [-0.39, 0.29) is 31.0 Å². The number of ether oxygens (including phenoxy) is 2. The number of carbonyl (C=O) groups excluding carboxylic acids is 1. The molecule has 2 N–H and O–H groups in total. The van der Waals surface area contributed by atoms with E-state index in [1.165, 1.54) is 17.6 Å². The molecule has 35 heavy (non-hydrogen) atoms. The quantitative estimate of drug-likeness (QED) is 0.257. The van der Waals surface area contributed by atoms with Crippen molar-refractivity contribution in [2.24, 2.45) is 0 Å². The Bertz CT molecular complexity index is 1270. The Morgan fingerprint density at radius 3 is 2.51 bits per heavy atom. The lowest BCUT2D eigenvalue weighted by Gasteiger charge is -2.34. The van der Waals surface area contributed by atoms with Crippen LogP contribution in [0.25, 0.3) is 11.5 Å². The van der Waals surface area contributed by atoms with E-state index in [9.17, 15) is 13.2 Å². The highest BCUT2D eigenvalue weighted by atomic mass is 32.2. The topological polar surface area (TPSA) is 141 Å². The van der Waals surface area contributed by atoms with Crippen molar-refractivity contribution in [2.45, 2.75) is 42.2 Å². The van der Waals surface area contributed by atoms with Gasteiger partial charge in [0.1, 0.15) is 5.75 Å². The van der Waals surface area contributed by atoms with Gasteiger partial charge in [-0.3, -0.25) is 10.0 Å². The van der Waals surface area contributed by atoms with Crippen molar-refractivity contribution >= 4 is 15.7 Å². The molecule has 0 bridgehead atoms. The third-order valence-corrected chi connectivity index (χ3v) is 8.63. The summed E-state index contributed by atoms with van der Waals surface area (Å²) >= 11 is 0. The Hall–Kier alpha value is -3.28. The van der Waals surface area contributed by atoms with Crippen LogP contribution < -0.4 is 10.2 Å². The van der Waals surface area contributed by atoms with E-state index in [1.54, 1.807) is 12.1 Å². The molecule has 4 rings (SSSR count). The summed E-state index contributed by atoms with van der Waals surface area (Å²) in [6.07, 6.45) is 1.07. The number of hydrogen-bond donors (Lipinski definition) is 2. The van der Waals surface area contributed by atoms with Gasteiger partial charge in [-0.05, 0) is 62.1 Å². The average Bonchev–Trinajstić information content (AvgIpc) is 3.35. The normalized spacial score (nSPS) is 15.5. The zero-order valence-corrected chi connectivity index (χ0v) is 20.1. The van der Waals surface area contributed by atoms with E-state index in [0.717, 1.165) is 11.1 Å². The van der Waals surface area contributed by atoms with E-state index in [4.69, 9.17) is 19.1 Å². The van der Waals surface area contributed by atoms with Gasteiger partial charge < -0.3 is 13.9 Å². The molecule has 186 valence electrons. The molecule has 0 radical (unpaired) electrons. The maximum Gasteiger partial charge on any atom is 0.265 e. The smallest absolute Gasteiger partial charge is 0.265 e. The Balaban J connectivity index is 1.34. The van der Waals surface area contributed by atoms with Crippen LogP contribution in [0.1, 0.15) is 30.7 Å². The molecule has 1 aliphatic heterocycles. The average molecular weight is 502 g/mol. The molecule has 1 saturated heterocycles. The second-order valence-corrected chi connectivity index (χ2v) is 10.6. The molecule has 1 amide bonds. The number of nitrogens with one attached hydrogen (secondary N) is 1. The molecular weight excluding hydrogens is 474 g/mol. The second-order valence-electron chi connectivity index (χ2n) is 8.29. The molecule has 1 aromatic heterocycles. The summed E-state index contributed by atoms with van der Waals surface area (Å²) in [7, 11) is -4.07. The minimum atomic E-state index is -4.07. The first-order valence-electron chi connectivity index (χ1n) is 11.3. The monoisotopic (exact) mass is 501 g/mol. The van der Waals surface area contributed by atoms with E-state index >= 15 is 0 Å². The number of amides is 1. The van der Waals surface area contributed by atoms with Gasteiger partial charge in [-0.1, -0.05) is 18.2 Å². The van der Waals surface area contributed by atoms with Gasteiger partial charge in [-0.2, -0.15) is 0 Å². The molecule has 1 aliphatic rings. The maximum atomic E-state index is 13.3. The van der Waals surface area contributed by atoms with Gasteiger partial charge in [0.25, 0.3) is 5.91 Å². The highest BCUT2D eigenvalue weighted by Crippen LogP contribution is 2.35. The summed E-state index contributed by atoms with van der Waals surface area (Å²) in [5, 5.41) is 17.3. The van der Waals surface area contributed by atoms with E-state index in [1.807, 2.05) is 31.2 Å². The first-order valence-corrected chi connectivity index (χ1v) is 12.7. The lowest BCUT2D eigenvalue weighted by atomic mass is 9.98. The van der Waals surface area contributed by atoms with Crippen molar-refractivity contribution in [1.29, 1.82) is 0 Å². The molecule has 1 fully saturated rings. The SMILES string of the molecule is Cc1ccccc1-c1nnc(CCCOc2ccc(S(=O)(=O)C3(C(=O)NO)CCOCC3)cc2)o1. The van der Waals surface area contributed by atoms with Gasteiger partial charge >= 0.3 is 0 Å². The Morgan fingerprint density at radius 1 is 1.11 bits per heavy atom. The van der Waals surface area contributed by atoms with Crippen molar-refractivity contribution in [3.05, 3.63) is 60.0 Å². The Morgan fingerprint density at radius 2 is 1.83 bits per heavy atom. The van der Waals surface area contributed by atoms with Crippen LogP contribution in [0.3, 0.4) is 0 Å². The molecular formula is C24H27N3O7S. The van der Waals surface area contributed by atoms with Crippen LogP contribution in [-0.4, -0.2) is 54.3 Å². The number of aromatic nitrogens is 2. The van der Waals surface area contributed by atoms with Crippen LogP contribution >= 0.6 is 0 Å². The molecule has 3 aromatic rings. The first kappa shape index (κ1) is 24.8. The third kappa shape index (κ3) is 5.07. The molecule has 2 aromatic carbocycles. The van der Waals surface area contributed by atoms with Crippen LogP contribution in [0, 0.1) is 6.92 Å². The molecule has 0 aliphatic carbocycles. The van der Waals surface area contributed by atoms with Gasteiger partial charge in [0.05, 0.1) is 11.5 Å². The predicted molar refractivity (Wildman–Crippen MR) is 125 cm³/mol. The summed E-state index contributed by atoms with van der Waals surface area (Å²) in [5.74, 6) is 0.528. The molecule has 0 unspecified atom stereocenters. The summed E-state index contributed by atoms with van der Waals surface area (Å²) in [6, 6.07) is 13.7. The molecule has 0 spiro atoms. The minimum Gasteiger partial charge on any atom is -0.494 e. The fraction of sp³-hybridized carbons (Fsp3) is 0.375. The maximum absolute atomic E-state index is 13.3. The summed E-state index contributed by atoms with van der Waals surface area (Å²) in [4.78, 5) is 12.3. The fourth-order valence-corrected chi connectivity index (χ4v) is 5.99. The molecule has 0 saturated carbocycles. The van der Waals surface area contributed by atoms with Crippen molar-refractivity contribution in [2.75, 3.05) is 19.8 Å². The van der Waals surface area contributed by atoms with Gasteiger partial charge in [-0.25, -0.2) is 13.9 Å². The lowest BCUT2D eigenvalue weighted by Crippen LogP contribution is -2.54. The zero-order valence-electron chi connectivity index (χ0n) is 19.3. The number of aryl methyl sites for hydroxylation is 2. The molecule has 10 nitrogen and oxygen atoms in total. The number of rotatable bonds is 9. The molecule has 0 atom stereocenters. The summed E-state index contributed by atoms with van der Waals surface area (Å²) in [5.41, 5.74) is 3.46. The summed E-state index contributed by atoms with van der Waals surface area (Å²) in [6.45, 7) is 2.57. The van der Waals surface area contributed by atoms with Gasteiger partial charge in [0.15, 0.2) is 14.6 Å². The number of hydroxylamine groups is 1. The largest absolute Gasteiger partial charge is 0.494 e. The van der Waals surface area contributed by atoms with Crippen molar-refractivity contribution in [3.8, 4) is 17.2 Å². The lowest BCUT2D eigenvalue weighted by molar-refractivity contribution is -0.134. The second kappa shape index (κ2) is 10.5. The number of sulfone groups is 1. The Labute approximate surface area is 203 Å². The van der Waals surface area contributed by atoms with Crippen molar-refractivity contribution < 1.29 is 32.3 Å². The van der Waals surface area contributed by atoms with E-state index in [0.29, 0.717) is 37.0 Å². The van der Waals surface area contributed by atoms with Gasteiger partial charge in [0, 0.05) is 25.2 Å². The van der Waals surface area contributed by atoms with E-state index < -0.39 is 20.5 Å². The molecule has 11 heteroatoms. The fourth-order valence-electron chi connectivity index (χ4n) is 4.05. The van der Waals surface area contributed by atoms with E-state index in [2.05, 4.69) is 10.2 Å². The number of carbonyl (C=O) groups is 1. The predicted octanol–water partition coefficient (Wildman–Crippen LogP) is 2.88. The van der Waals surface area contributed by atoms with Crippen LogP contribution in [0.15, 0.2) is 57.8 Å². The van der Waals surface area contributed by atoms with Crippen LogP contribution in [0.2, 0.25) is 0 Å². The number of benzene rings is 2. The van der Waals surface area contributed by atoms with Crippen LogP contribution in [0.4, 0.5) is 0 Å². The zero-order chi connectivity index (χ0) is 24.9.